The molecule has 0 saturated carbocycles. The minimum absolute atomic E-state index is 0.435. The summed E-state index contributed by atoms with van der Waals surface area (Å²) in [6.07, 6.45) is 0. The van der Waals surface area contributed by atoms with E-state index in [1.165, 1.54) is 23.5 Å². The third-order valence-electron chi connectivity index (χ3n) is 3.07. The van der Waals surface area contributed by atoms with Crippen LogP contribution in [0.4, 0.5) is 8.78 Å². The summed E-state index contributed by atoms with van der Waals surface area (Å²) < 4.78 is 26.5. The van der Waals surface area contributed by atoms with E-state index < -0.39 is 11.6 Å². The summed E-state index contributed by atoms with van der Waals surface area (Å²) >= 11 is 1.43. The fraction of sp³-hybridized carbons (Fsp3) is 0.0625. The van der Waals surface area contributed by atoms with E-state index >= 15 is 0 Å². The first-order valence-electron chi connectivity index (χ1n) is 6.37. The zero-order chi connectivity index (χ0) is 14.8. The van der Waals surface area contributed by atoms with E-state index in [1.54, 1.807) is 5.38 Å². The summed E-state index contributed by atoms with van der Waals surface area (Å²) in [5.74, 6) is -1.21. The second-order valence-corrected chi connectivity index (χ2v) is 5.46. The third-order valence-corrected chi connectivity index (χ3v) is 3.96. The summed E-state index contributed by atoms with van der Waals surface area (Å²) in [5, 5.41) is 2.59. The number of rotatable bonds is 3. The molecule has 0 aliphatic carbocycles. The average molecular weight is 302 g/mol. The fourth-order valence-electron chi connectivity index (χ4n) is 2.07. The smallest absolute Gasteiger partial charge is 0.126 e. The highest BCUT2D eigenvalue weighted by Crippen LogP contribution is 2.30. The molecule has 3 rings (SSSR count). The van der Waals surface area contributed by atoms with Crippen molar-refractivity contribution in [2.75, 3.05) is 0 Å². The standard InChI is InChI=1S/C16H12F2N2S/c17-13-5-12(6-14(18)7-13)15-9-21-16(20-15)11-3-1-2-10(4-11)8-19/h1-7,9H,8,19H2. The van der Waals surface area contributed by atoms with Gasteiger partial charge in [-0.15, -0.1) is 11.3 Å². The second kappa shape index (κ2) is 5.71. The molecule has 0 spiro atoms. The molecule has 3 aromatic rings. The Bertz CT molecular complexity index is 763. The molecule has 1 aromatic heterocycles. The molecule has 0 atom stereocenters. The van der Waals surface area contributed by atoms with Gasteiger partial charge in [-0.1, -0.05) is 18.2 Å². The van der Waals surface area contributed by atoms with E-state index in [4.69, 9.17) is 5.73 Å². The molecule has 0 amide bonds. The molecule has 2 aromatic carbocycles. The van der Waals surface area contributed by atoms with Crippen LogP contribution in [0.5, 0.6) is 0 Å². The van der Waals surface area contributed by atoms with E-state index in [0.29, 0.717) is 17.8 Å². The van der Waals surface area contributed by atoms with Gasteiger partial charge in [0.25, 0.3) is 0 Å². The normalized spacial score (nSPS) is 10.8. The molecule has 0 fully saturated rings. The molecule has 0 aliphatic rings. The van der Waals surface area contributed by atoms with Crippen molar-refractivity contribution in [2.45, 2.75) is 6.54 Å². The van der Waals surface area contributed by atoms with Crippen LogP contribution in [0, 0.1) is 11.6 Å². The van der Waals surface area contributed by atoms with Gasteiger partial charge in [0.05, 0.1) is 5.69 Å². The number of hydrogen-bond donors (Lipinski definition) is 1. The molecular weight excluding hydrogens is 290 g/mol. The van der Waals surface area contributed by atoms with Gasteiger partial charge in [-0.25, -0.2) is 13.8 Å². The van der Waals surface area contributed by atoms with Crippen molar-refractivity contribution in [1.29, 1.82) is 0 Å². The van der Waals surface area contributed by atoms with E-state index in [2.05, 4.69) is 4.98 Å². The molecule has 2 N–H and O–H groups in total. The largest absolute Gasteiger partial charge is 0.326 e. The molecule has 1 heterocycles. The minimum atomic E-state index is -0.607. The Kier molecular flexibility index (Phi) is 3.77. The predicted octanol–water partition coefficient (Wildman–Crippen LogP) is 4.21. The molecule has 0 aliphatic heterocycles. The van der Waals surface area contributed by atoms with Crippen LogP contribution in [0.25, 0.3) is 21.8 Å². The highest BCUT2D eigenvalue weighted by Gasteiger charge is 2.09. The van der Waals surface area contributed by atoms with Crippen molar-refractivity contribution < 1.29 is 8.78 Å². The number of nitrogens with zero attached hydrogens (tertiary/aromatic N) is 1. The molecule has 0 saturated heterocycles. The van der Waals surface area contributed by atoms with Gasteiger partial charge in [-0.2, -0.15) is 0 Å². The fourth-order valence-corrected chi connectivity index (χ4v) is 2.90. The number of aromatic nitrogens is 1. The highest BCUT2D eigenvalue weighted by molar-refractivity contribution is 7.13. The van der Waals surface area contributed by atoms with Crippen LogP contribution in [0.15, 0.2) is 47.8 Å². The summed E-state index contributed by atoms with van der Waals surface area (Å²) in [7, 11) is 0. The first-order chi connectivity index (χ1) is 10.2. The Morgan fingerprint density at radius 2 is 1.76 bits per heavy atom. The Morgan fingerprint density at radius 3 is 2.48 bits per heavy atom. The molecule has 0 radical (unpaired) electrons. The maximum atomic E-state index is 13.3. The Hall–Kier alpha value is -2.11. The maximum Gasteiger partial charge on any atom is 0.126 e. The predicted molar refractivity (Wildman–Crippen MR) is 80.8 cm³/mol. The van der Waals surface area contributed by atoms with E-state index in [-0.39, 0.29) is 0 Å². The van der Waals surface area contributed by atoms with Gasteiger partial charge in [-0.05, 0) is 23.8 Å². The van der Waals surface area contributed by atoms with Gasteiger partial charge in [0, 0.05) is 29.1 Å². The number of nitrogens with two attached hydrogens (primary N) is 1. The Balaban J connectivity index is 1.99. The number of thiazole rings is 1. The monoisotopic (exact) mass is 302 g/mol. The quantitative estimate of drug-likeness (QED) is 0.787. The molecule has 0 unspecified atom stereocenters. The first-order valence-corrected chi connectivity index (χ1v) is 7.25. The molecule has 21 heavy (non-hydrogen) atoms. The van der Waals surface area contributed by atoms with Crippen LogP contribution in [0.2, 0.25) is 0 Å². The lowest BCUT2D eigenvalue weighted by molar-refractivity contribution is 0.584. The van der Waals surface area contributed by atoms with Gasteiger partial charge >= 0.3 is 0 Å². The van der Waals surface area contributed by atoms with Gasteiger partial charge in [0.1, 0.15) is 16.6 Å². The van der Waals surface area contributed by atoms with Crippen molar-refractivity contribution in [3.05, 3.63) is 65.0 Å². The average Bonchev–Trinajstić information content (AvgIpc) is 2.96. The van der Waals surface area contributed by atoms with Gasteiger partial charge in [-0.3, -0.25) is 0 Å². The number of benzene rings is 2. The lowest BCUT2D eigenvalue weighted by atomic mass is 10.1. The number of halogens is 2. The van der Waals surface area contributed by atoms with E-state index in [1.807, 2.05) is 24.3 Å². The van der Waals surface area contributed by atoms with Crippen LogP contribution in [0.3, 0.4) is 0 Å². The lowest BCUT2D eigenvalue weighted by Gasteiger charge is -2.00. The Labute approximate surface area is 124 Å². The van der Waals surface area contributed by atoms with Gasteiger partial charge in [0.15, 0.2) is 0 Å². The van der Waals surface area contributed by atoms with Crippen LogP contribution >= 0.6 is 11.3 Å². The maximum absolute atomic E-state index is 13.3. The van der Waals surface area contributed by atoms with E-state index in [9.17, 15) is 8.78 Å². The minimum Gasteiger partial charge on any atom is -0.326 e. The van der Waals surface area contributed by atoms with Crippen molar-refractivity contribution in [2.24, 2.45) is 5.73 Å². The van der Waals surface area contributed by atoms with Crippen LogP contribution < -0.4 is 5.73 Å². The molecule has 106 valence electrons. The van der Waals surface area contributed by atoms with E-state index in [0.717, 1.165) is 22.2 Å². The summed E-state index contributed by atoms with van der Waals surface area (Å²) in [6, 6.07) is 11.2. The van der Waals surface area contributed by atoms with Crippen LogP contribution in [0.1, 0.15) is 5.56 Å². The van der Waals surface area contributed by atoms with Crippen molar-refractivity contribution in [3.63, 3.8) is 0 Å². The summed E-state index contributed by atoms with van der Waals surface area (Å²) in [6.45, 7) is 0.460. The van der Waals surface area contributed by atoms with Gasteiger partial charge in [0.2, 0.25) is 0 Å². The molecule has 5 heteroatoms. The van der Waals surface area contributed by atoms with Crippen molar-refractivity contribution in [3.8, 4) is 21.8 Å². The van der Waals surface area contributed by atoms with Crippen molar-refractivity contribution >= 4 is 11.3 Å². The third kappa shape index (κ3) is 2.99. The first kappa shape index (κ1) is 13.9. The summed E-state index contributed by atoms with van der Waals surface area (Å²) in [4.78, 5) is 4.45. The topological polar surface area (TPSA) is 38.9 Å². The second-order valence-electron chi connectivity index (χ2n) is 4.60. The molecule has 0 bridgehead atoms. The Morgan fingerprint density at radius 1 is 1.00 bits per heavy atom. The van der Waals surface area contributed by atoms with Gasteiger partial charge < -0.3 is 5.73 Å². The highest BCUT2D eigenvalue weighted by atomic mass is 32.1. The molecule has 2 nitrogen and oxygen atoms in total. The van der Waals surface area contributed by atoms with Crippen molar-refractivity contribution in [1.82, 2.24) is 4.98 Å². The van der Waals surface area contributed by atoms with Crippen LogP contribution in [-0.2, 0) is 6.54 Å². The SMILES string of the molecule is NCc1cccc(-c2nc(-c3cc(F)cc(F)c3)cs2)c1. The zero-order valence-electron chi connectivity index (χ0n) is 11.0. The molecular formula is C16H12F2N2S. The number of hydrogen-bond acceptors (Lipinski definition) is 3. The van der Waals surface area contributed by atoms with Crippen LogP contribution in [-0.4, -0.2) is 4.98 Å². The lowest BCUT2D eigenvalue weighted by Crippen LogP contribution is -1.95. The zero-order valence-corrected chi connectivity index (χ0v) is 11.8. The summed E-state index contributed by atoms with van der Waals surface area (Å²) in [5.41, 5.74) is 8.59.